The predicted octanol–water partition coefficient (Wildman–Crippen LogP) is 5.57. The van der Waals surface area contributed by atoms with Gasteiger partial charge in [-0.2, -0.15) is 22.0 Å². The Morgan fingerprint density at radius 1 is 0.696 bits per heavy atom. The lowest BCUT2D eigenvalue weighted by Gasteiger charge is -2.38. The number of alkyl halides is 13. The Morgan fingerprint density at radius 2 is 1.09 bits per heavy atom. The summed E-state index contributed by atoms with van der Waals surface area (Å²) in [4.78, 5) is 0. The minimum Gasteiger partial charge on any atom is -0.241 e. The average molecular weight is 376 g/mol. The van der Waals surface area contributed by atoms with Gasteiger partial charge in [-0.15, -0.1) is 0 Å². The Balaban J connectivity index is 5.86. The summed E-state index contributed by atoms with van der Waals surface area (Å²) < 4.78 is 164. The molecule has 0 bridgehead atoms. The largest absolute Gasteiger partial charge is 0.428 e. The van der Waals surface area contributed by atoms with Crippen molar-refractivity contribution < 1.29 is 57.1 Å². The van der Waals surface area contributed by atoms with Gasteiger partial charge in [0.15, 0.2) is 6.17 Å². The van der Waals surface area contributed by atoms with E-state index in [2.05, 4.69) is 0 Å². The van der Waals surface area contributed by atoms with Crippen LogP contribution in [0.15, 0.2) is 0 Å². The summed E-state index contributed by atoms with van der Waals surface area (Å²) in [5, 5.41) is 0. The number of rotatable bonds is 7. The fraction of sp³-hybridized carbons (Fsp3) is 1.00. The highest BCUT2D eigenvalue weighted by atomic mass is 19.4. The summed E-state index contributed by atoms with van der Waals surface area (Å²) in [6.45, 7) is -0.654. The molecule has 0 rings (SSSR count). The smallest absolute Gasteiger partial charge is 0.241 e. The van der Waals surface area contributed by atoms with Crippen LogP contribution in [0.4, 0.5) is 57.1 Å². The quantitative estimate of drug-likeness (QED) is 0.510. The van der Waals surface area contributed by atoms with Gasteiger partial charge >= 0.3 is 18.0 Å². The van der Waals surface area contributed by atoms with E-state index >= 15 is 0 Å². The molecule has 0 aliphatic rings. The van der Waals surface area contributed by atoms with Crippen LogP contribution in [-0.2, 0) is 0 Å². The summed E-state index contributed by atoms with van der Waals surface area (Å²) in [6, 6.07) is 0. The molecule has 0 aliphatic heterocycles. The molecule has 0 nitrogen and oxygen atoms in total. The first-order valence-electron chi connectivity index (χ1n) is 5.60. The van der Waals surface area contributed by atoms with E-state index in [1.165, 1.54) is 0 Å². The first-order chi connectivity index (χ1) is 9.78. The molecule has 0 saturated carbocycles. The molecule has 0 aliphatic carbocycles. The summed E-state index contributed by atoms with van der Waals surface area (Å²) in [5.74, 6) is -17.4. The molecular weight excluding hydrogens is 367 g/mol. The van der Waals surface area contributed by atoms with E-state index in [4.69, 9.17) is 0 Å². The van der Waals surface area contributed by atoms with E-state index < -0.39 is 62.0 Å². The molecule has 0 radical (unpaired) electrons. The van der Waals surface area contributed by atoms with Crippen LogP contribution < -0.4 is 0 Å². The summed E-state index contributed by atoms with van der Waals surface area (Å²) in [6.07, 6.45) is -22.0. The highest BCUT2D eigenvalue weighted by Crippen LogP contribution is 2.54. The van der Waals surface area contributed by atoms with Gasteiger partial charge in [-0.3, -0.25) is 0 Å². The van der Waals surface area contributed by atoms with Crippen molar-refractivity contribution in [3.63, 3.8) is 0 Å². The van der Waals surface area contributed by atoms with Gasteiger partial charge in [0.2, 0.25) is 0 Å². The zero-order valence-corrected chi connectivity index (χ0v) is 11.0. The highest BCUT2D eigenvalue weighted by Gasteiger charge is 2.76. The minimum absolute atomic E-state index is 0.654. The van der Waals surface area contributed by atoms with Crippen molar-refractivity contribution in [2.45, 2.75) is 62.0 Å². The molecule has 0 spiro atoms. The molecule has 0 aromatic carbocycles. The van der Waals surface area contributed by atoms with Crippen LogP contribution in [-0.4, -0.2) is 42.2 Å². The van der Waals surface area contributed by atoms with Crippen molar-refractivity contribution in [2.75, 3.05) is 0 Å². The molecule has 0 fully saturated rings. The zero-order chi connectivity index (χ0) is 19.1. The second-order valence-electron chi connectivity index (χ2n) is 4.83. The number of hydrogen-bond acceptors (Lipinski definition) is 0. The van der Waals surface area contributed by atoms with Crippen molar-refractivity contribution in [2.24, 2.45) is 0 Å². The van der Waals surface area contributed by atoms with E-state index in [1.54, 1.807) is 0 Å². The lowest BCUT2D eigenvalue weighted by atomic mass is 9.85. The van der Waals surface area contributed by atoms with Gasteiger partial charge < -0.3 is 0 Å². The molecule has 0 aromatic rings. The maximum Gasteiger partial charge on any atom is 0.428 e. The Kier molecular flexibility index (Phi) is 5.94. The van der Waals surface area contributed by atoms with E-state index in [-0.39, 0.29) is 0 Å². The lowest BCUT2D eigenvalue weighted by Crippen LogP contribution is -2.60. The van der Waals surface area contributed by atoms with Crippen molar-refractivity contribution in [1.82, 2.24) is 0 Å². The van der Waals surface area contributed by atoms with Crippen LogP contribution in [0.5, 0.6) is 0 Å². The number of halogens is 13. The van der Waals surface area contributed by atoms with Crippen LogP contribution in [0.25, 0.3) is 0 Å². The summed E-state index contributed by atoms with van der Waals surface area (Å²) in [7, 11) is 0. The van der Waals surface area contributed by atoms with Crippen LogP contribution in [0.1, 0.15) is 19.8 Å². The molecular formula is C10H9F13. The van der Waals surface area contributed by atoms with Crippen LogP contribution >= 0.6 is 0 Å². The second-order valence-corrected chi connectivity index (χ2v) is 4.83. The molecule has 2 atom stereocenters. The standard InChI is InChI=1S/C10H9F13/c1-6(14,15)9(19,20)3-7(16,10(21,22)23)8(17,18)2-4(11)5(12)13/h4-5H,2-3H2,1H3. The Hall–Kier alpha value is -0.910. The van der Waals surface area contributed by atoms with E-state index in [0.717, 1.165) is 0 Å². The highest BCUT2D eigenvalue weighted by molar-refractivity contribution is 5.05. The fourth-order valence-corrected chi connectivity index (χ4v) is 1.39. The molecule has 0 heterocycles. The third-order valence-electron chi connectivity index (χ3n) is 2.86. The second kappa shape index (κ2) is 6.19. The Bertz CT molecular complexity index is 393. The third kappa shape index (κ3) is 4.55. The van der Waals surface area contributed by atoms with Gasteiger partial charge in [-0.1, -0.05) is 0 Å². The van der Waals surface area contributed by atoms with Gasteiger partial charge in [0.1, 0.15) is 0 Å². The van der Waals surface area contributed by atoms with E-state index in [9.17, 15) is 57.1 Å². The number of hydrogen-bond donors (Lipinski definition) is 0. The first-order valence-corrected chi connectivity index (χ1v) is 5.60. The van der Waals surface area contributed by atoms with Gasteiger partial charge in [-0.05, 0) is 0 Å². The maximum absolute atomic E-state index is 13.6. The normalized spacial score (nSPS) is 18.9. The molecule has 0 N–H and O–H groups in total. The molecule has 2 unspecified atom stereocenters. The van der Waals surface area contributed by atoms with Crippen molar-refractivity contribution in [3.8, 4) is 0 Å². The maximum atomic E-state index is 13.6. The van der Waals surface area contributed by atoms with E-state index in [0.29, 0.717) is 0 Å². The topological polar surface area (TPSA) is 0 Å². The van der Waals surface area contributed by atoms with Crippen LogP contribution in [0.3, 0.4) is 0 Å². The van der Waals surface area contributed by atoms with Gasteiger partial charge in [0.05, 0.1) is 12.8 Å². The Labute approximate surface area is 120 Å². The Morgan fingerprint density at radius 3 is 1.35 bits per heavy atom. The third-order valence-corrected chi connectivity index (χ3v) is 2.86. The van der Waals surface area contributed by atoms with Crippen molar-refractivity contribution in [1.29, 1.82) is 0 Å². The van der Waals surface area contributed by atoms with Gasteiger partial charge in [0, 0.05) is 6.92 Å². The van der Waals surface area contributed by atoms with E-state index in [1.807, 2.05) is 0 Å². The average Bonchev–Trinajstić information content (AvgIpc) is 2.23. The first kappa shape index (κ1) is 22.1. The predicted molar refractivity (Wildman–Crippen MR) is 50.5 cm³/mol. The molecule has 13 heteroatoms. The molecule has 0 aromatic heterocycles. The van der Waals surface area contributed by atoms with Crippen LogP contribution in [0.2, 0.25) is 0 Å². The fourth-order valence-electron chi connectivity index (χ4n) is 1.39. The van der Waals surface area contributed by atoms with Crippen molar-refractivity contribution in [3.05, 3.63) is 0 Å². The lowest BCUT2D eigenvalue weighted by molar-refractivity contribution is -0.336. The van der Waals surface area contributed by atoms with Crippen molar-refractivity contribution >= 4 is 0 Å². The molecule has 140 valence electrons. The monoisotopic (exact) mass is 376 g/mol. The van der Waals surface area contributed by atoms with Gasteiger partial charge in [0.25, 0.3) is 18.0 Å². The summed E-state index contributed by atoms with van der Waals surface area (Å²) >= 11 is 0. The minimum atomic E-state index is -6.85. The van der Waals surface area contributed by atoms with Gasteiger partial charge in [-0.25, -0.2) is 35.1 Å². The van der Waals surface area contributed by atoms with Crippen LogP contribution in [0, 0.1) is 0 Å². The summed E-state index contributed by atoms with van der Waals surface area (Å²) in [5.41, 5.74) is -6.35. The molecule has 0 saturated heterocycles. The SMILES string of the molecule is CC(F)(F)C(F)(F)CC(F)(C(F)(F)F)C(F)(F)CC(F)C(F)F. The molecule has 0 amide bonds. The zero-order valence-electron chi connectivity index (χ0n) is 11.0. The molecule has 23 heavy (non-hydrogen) atoms.